The summed E-state index contributed by atoms with van der Waals surface area (Å²) in [4.78, 5) is 23.0. The molecular formula is C14H20N2O4S. The number of benzene rings is 1. The van der Waals surface area contributed by atoms with E-state index < -0.39 is 18.0 Å². The van der Waals surface area contributed by atoms with Crippen molar-refractivity contribution in [2.24, 2.45) is 0 Å². The van der Waals surface area contributed by atoms with Crippen molar-refractivity contribution in [2.75, 3.05) is 23.9 Å². The third-order valence-electron chi connectivity index (χ3n) is 2.65. The molecule has 0 aliphatic carbocycles. The van der Waals surface area contributed by atoms with Gasteiger partial charge in [0, 0.05) is 0 Å². The van der Waals surface area contributed by atoms with Crippen molar-refractivity contribution in [3.63, 3.8) is 0 Å². The second kappa shape index (κ2) is 9.12. The van der Waals surface area contributed by atoms with Crippen LogP contribution in [-0.2, 0) is 4.79 Å². The monoisotopic (exact) mass is 312 g/mol. The molecule has 1 aromatic carbocycles. The minimum Gasteiger partial charge on any atom is -0.492 e. The summed E-state index contributed by atoms with van der Waals surface area (Å²) in [5.74, 6) is 0.163. The van der Waals surface area contributed by atoms with E-state index in [-0.39, 0.29) is 0 Å². The van der Waals surface area contributed by atoms with Crippen molar-refractivity contribution in [3.8, 4) is 5.75 Å². The van der Waals surface area contributed by atoms with Crippen LogP contribution in [0.5, 0.6) is 5.75 Å². The molecule has 0 saturated carbocycles. The summed E-state index contributed by atoms with van der Waals surface area (Å²) >= 11 is 1.53. The van der Waals surface area contributed by atoms with Crippen molar-refractivity contribution in [2.45, 2.75) is 19.4 Å². The van der Waals surface area contributed by atoms with Crippen molar-refractivity contribution >= 4 is 29.4 Å². The zero-order chi connectivity index (χ0) is 15.7. The molecule has 0 fully saturated rings. The number of carboxylic acid groups (broad SMARTS) is 1. The second-order valence-electron chi connectivity index (χ2n) is 4.20. The smallest absolute Gasteiger partial charge is 0.326 e. The fraction of sp³-hybridized carbons (Fsp3) is 0.429. The molecule has 1 rings (SSSR count). The van der Waals surface area contributed by atoms with E-state index in [1.807, 2.05) is 13.2 Å². The molecule has 0 saturated heterocycles. The normalized spacial score (nSPS) is 11.5. The quantitative estimate of drug-likeness (QED) is 0.686. The number of carboxylic acids is 1. The third kappa shape index (κ3) is 5.95. The lowest BCUT2D eigenvalue weighted by molar-refractivity contribution is -0.139. The number of carbonyl (C=O) groups excluding carboxylic acids is 1. The number of hydrogen-bond acceptors (Lipinski definition) is 4. The highest BCUT2D eigenvalue weighted by molar-refractivity contribution is 7.98. The molecule has 21 heavy (non-hydrogen) atoms. The lowest BCUT2D eigenvalue weighted by Crippen LogP contribution is -2.43. The first-order valence-electron chi connectivity index (χ1n) is 6.59. The molecule has 0 radical (unpaired) electrons. The SMILES string of the molecule is CCOc1ccccc1NC(=O)NC(CCSC)C(=O)O. The Kier molecular flexibility index (Phi) is 7.45. The maximum atomic E-state index is 11.9. The molecule has 0 aromatic heterocycles. The van der Waals surface area contributed by atoms with Gasteiger partial charge in [0.2, 0.25) is 0 Å². The molecule has 1 atom stereocenters. The fourth-order valence-electron chi connectivity index (χ4n) is 1.66. The van der Waals surface area contributed by atoms with Crippen LogP contribution in [0.3, 0.4) is 0 Å². The first kappa shape index (κ1) is 17.2. The van der Waals surface area contributed by atoms with Crippen LogP contribution in [0.4, 0.5) is 10.5 Å². The molecule has 0 spiro atoms. The summed E-state index contributed by atoms with van der Waals surface area (Å²) in [5.41, 5.74) is 0.505. The molecule has 0 bridgehead atoms. The van der Waals surface area contributed by atoms with E-state index in [4.69, 9.17) is 9.84 Å². The van der Waals surface area contributed by atoms with Gasteiger partial charge < -0.3 is 20.5 Å². The average molecular weight is 312 g/mol. The first-order chi connectivity index (χ1) is 10.1. The van der Waals surface area contributed by atoms with Gasteiger partial charge in [-0.1, -0.05) is 12.1 Å². The van der Waals surface area contributed by atoms with E-state index in [1.54, 1.807) is 24.3 Å². The number of amides is 2. The van der Waals surface area contributed by atoms with Gasteiger partial charge in [0.05, 0.1) is 12.3 Å². The Labute approximate surface area is 128 Å². The molecule has 116 valence electrons. The topological polar surface area (TPSA) is 87.7 Å². The Hall–Kier alpha value is -1.89. The third-order valence-corrected chi connectivity index (χ3v) is 3.29. The van der Waals surface area contributed by atoms with E-state index in [1.165, 1.54) is 11.8 Å². The van der Waals surface area contributed by atoms with Gasteiger partial charge in [0.15, 0.2) is 0 Å². The number of ether oxygens (including phenoxy) is 1. The summed E-state index contributed by atoms with van der Waals surface area (Å²) in [6, 6.07) is 5.53. The maximum Gasteiger partial charge on any atom is 0.326 e. The average Bonchev–Trinajstić information content (AvgIpc) is 2.45. The largest absolute Gasteiger partial charge is 0.492 e. The predicted molar refractivity (Wildman–Crippen MR) is 84.2 cm³/mol. The number of carbonyl (C=O) groups is 2. The van der Waals surface area contributed by atoms with Gasteiger partial charge in [0.1, 0.15) is 11.8 Å². The molecule has 3 N–H and O–H groups in total. The molecule has 1 aromatic rings. The minimum atomic E-state index is -1.04. The Morgan fingerprint density at radius 3 is 2.71 bits per heavy atom. The Bertz CT molecular complexity index is 482. The standard InChI is InChI=1S/C14H20N2O4S/c1-3-20-12-7-5-4-6-10(12)15-14(19)16-11(13(17)18)8-9-21-2/h4-7,11H,3,8-9H2,1-2H3,(H,17,18)(H2,15,16,19). The highest BCUT2D eigenvalue weighted by Crippen LogP contribution is 2.23. The molecule has 0 aliphatic heterocycles. The van der Waals surface area contributed by atoms with Crippen molar-refractivity contribution in [1.82, 2.24) is 5.32 Å². The van der Waals surface area contributed by atoms with Crippen molar-refractivity contribution in [3.05, 3.63) is 24.3 Å². The number of nitrogens with one attached hydrogen (secondary N) is 2. The summed E-state index contributed by atoms with van der Waals surface area (Å²) < 4.78 is 5.39. The maximum absolute atomic E-state index is 11.9. The second-order valence-corrected chi connectivity index (χ2v) is 5.19. The number of urea groups is 1. The summed E-state index contributed by atoms with van der Waals surface area (Å²) in [7, 11) is 0. The van der Waals surface area contributed by atoms with E-state index >= 15 is 0 Å². The molecule has 1 unspecified atom stereocenters. The fourth-order valence-corrected chi connectivity index (χ4v) is 2.13. The van der Waals surface area contributed by atoms with E-state index in [2.05, 4.69) is 10.6 Å². The van der Waals surface area contributed by atoms with Crippen LogP contribution in [-0.4, -0.2) is 41.8 Å². The highest BCUT2D eigenvalue weighted by atomic mass is 32.2. The molecule has 0 heterocycles. The predicted octanol–water partition coefficient (Wildman–Crippen LogP) is 2.41. The van der Waals surface area contributed by atoms with Gasteiger partial charge in [-0.25, -0.2) is 9.59 Å². The van der Waals surface area contributed by atoms with Gasteiger partial charge in [-0.15, -0.1) is 0 Å². The first-order valence-corrected chi connectivity index (χ1v) is 7.99. The van der Waals surface area contributed by atoms with Gasteiger partial charge in [-0.2, -0.15) is 11.8 Å². The lowest BCUT2D eigenvalue weighted by Gasteiger charge is -2.16. The van der Waals surface area contributed by atoms with Gasteiger partial charge in [0.25, 0.3) is 0 Å². The number of thioether (sulfide) groups is 1. The number of aliphatic carboxylic acids is 1. The molecular weight excluding hydrogens is 292 g/mol. The van der Waals surface area contributed by atoms with E-state index in [0.29, 0.717) is 30.2 Å². The van der Waals surface area contributed by atoms with Gasteiger partial charge in [-0.3, -0.25) is 0 Å². The Morgan fingerprint density at radius 2 is 2.10 bits per heavy atom. The van der Waals surface area contributed by atoms with Crippen molar-refractivity contribution < 1.29 is 19.4 Å². The molecule has 6 nitrogen and oxygen atoms in total. The summed E-state index contributed by atoms with van der Waals surface area (Å²) in [5, 5.41) is 14.1. The number of hydrogen-bond donors (Lipinski definition) is 3. The molecule has 2 amide bonds. The Balaban J connectivity index is 2.65. The molecule has 7 heteroatoms. The summed E-state index contributed by atoms with van der Waals surface area (Å²) in [6.45, 7) is 2.32. The lowest BCUT2D eigenvalue weighted by atomic mass is 10.2. The van der Waals surface area contributed by atoms with Crippen molar-refractivity contribution in [1.29, 1.82) is 0 Å². The number of para-hydroxylation sites is 2. The summed E-state index contributed by atoms with van der Waals surface area (Å²) in [6.07, 6.45) is 2.26. The zero-order valence-corrected chi connectivity index (χ0v) is 12.9. The van der Waals surface area contributed by atoms with E-state index in [9.17, 15) is 9.59 Å². The van der Waals surface area contributed by atoms with Crippen LogP contribution < -0.4 is 15.4 Å². The van der Waals surface area contributed by atoms with Crippen LogP contribution in [0.25, 0.3) is 0 Å². The number of anilines is 1. The van der Waals surface area contributed by atoms with Crippen LogP contribution >= 0.6 is 11.8 Å². The van der Waals surface area contributed by atoms with Gasteiger partial charge >= 0.3 is 12.0 Å². The van der Waals surface area contributed by atoms with Crippen LogP contribution in [0.1, 0.15) is 13.3 Å². The van der Waals surface area contributed by atoms with E-state index in [0.717, 1.165) is 0 Å². The number of rotatable bonds is 8. The molecule has 0 aliphatic rings. The highest BCUT2D eigenvalue weighted by Gasteiger charge is 2.19. The van der Waals surface area contributed by atoms with Crippen LogP contribution in [0.2, 0.25) is 0 Å². The zero-order valence-electron chi connectivity index (χ0n) is 12.1. The Morgan fingerprint density at radius 1 is 1.38 bits per heavy atom. The minimum absolute atomic E-state index is 0.372. The van der Waals surface area contributed by atoms with Crippen LogP contribution in [0.15, 0.2) is 24.3 Å². The van der Waals surface area contributed by atoms with Gasteiger partial charge in [-0.05, 0) is 37.5 Å². The van der Waals surface area contributed by atoms with Crippen LogP contribution in [0, 0.1) is 0 Å².